The molecule has 162 valence electrons. The van der Waals surface area contributed by atoms with Gasteiger partial charge in [-0.2, -0.15) is 0 Å². The highest BCUT2D eigenvalue weighted by Gasteiger charge is 2.52. The first kappa shape index (κ1) is 21.1. The number of hydrogen-bond acceptors (Lipinski definition) is 4. The third-order valence-corrected chi connectivity index (χ3v) is 7.82. The van der Waals surface area contributed by atoms with Gasteiger partial charge in [0.2, 0.25) is 0 Å². The predicted molar refractivity (Wildman–Crippen MR) is 117 cm³/mol. The minimum atomic E-state index is -0.342. The number of ketones is 1. The van der Waals surface area contributed by atoms with Gasteiger partial charge in [-0.3, -0.25) is 9.59 Å². The second-order valence-corrected chi connectivity index (χ2v) is 9.75. The van der Waals surface area contributed by atoms with Crippen molar-refractivity contribution in [2.45, 2.75) is 78.2 Å². The summed E-state index contributed by atoms with van der Waals surface area (Å²) in [7, 11) is 0. The van der Waals surface area contributed by atoms with Crippen molar-refractivity contribution in [3.63, 3.8) is 0 Å². The fourth-order valence-electron chi connectivity index (χ4n) is 6.35. The number of benzene rings is 1. The molecule has 1 heterocycles. The molecule has 2 saturated carbocycles. The zero-order valence-corrected chi connectivity index (χ0v) is 18.5. The maximum atomic E-state index is 12.4. The summed E-state index contributed by atoms with van der Waals surface area (Å²) in [5.74, 6) is 2.41. The first-order valence-electron chi connectivity index (χ1n) is 11.6. The molecular formula is C26H34O4. The van der Waals surface area contributed by atoms with E-state index in [0.29, 0.717) is 17.6 Å². The van der Waals surface area contributed by atoms with E-state index in [-0.39, 0.29) is 23.4 Å². The van der Waals surface area contributed by atoms with Crippen LogP contribution in [0.5, 0.6) is 0 Å². The summed E-state index contributed by atoms with van der Waals surface area (Å²) >= 11 is 0. The zero-order chi connectivity index (χ0) is 21.3. The Morgan fingerprint density at radius 2 is 2.07 bits per heavy atom. The minimum Gasteiger partial charge on any atom is -0.457 e. The van der Waals surface area contributed by atoms with E-state index < -0.39 is 0 Å². The number of rotatable bonds is 7. The highest BCUT2D eigenvalue weighted by molar-refractivity contribution is 5.83. The number of para-hydroxylation sites is 1. The monoisotopic (exact) mass is 410 g/mol. The molecule has 2 aromatic rings. The van der Waals surface area contributed by atoms with E-state index in [1.54, 1.807) is 0 Å². The third-order valence-electron chi connectivity index (χ3n) is 7.82. The number of Topliss-reactive ketones (excluding diaryl/α,β-unsaturated/α-hetero) is 1. The van der Waals surface area contributed by atoms with E-state index in [1.165, 1.54) is 19.8 Å². The van der Waals surface area contributed by atoms with Gasteiger partial charge in [0, 0.05) is 24.6 Å². The van der Waals surface area contributed by atoms with Gasteiger partial charge in [-0.15, -0.1) is 0 Å². The molecule has 0 spiro atoms. The van der Waals surface area contributed by atoms with E-state index in [4.69, 9.17) is 9.15 Å². The van der Waals surface area contributed by atoms with Crippen molar-refractivity contribution in [1.29, 1.82) is 0 Å². The lowest BCUT2D eigenvalue weighted by Gasteiger charge is -2.42. The summed E-state index contributed by atoms with van der Waals surface area (Å²) in [5, 5.41) is 1.03. The topological polar surface area (TPSA) is 56.5 Å². The van der Waals surface area contributed by atoms with Crippen LogP contribution in [0.1, 0.15) is 84.0 Å². The smallest absolute Gasteiger partial charge is 0.303 e. The average Bonchev–Trinajstić information content (AvgIpc) is 3.28. The molecule has 1 aromatic heterocycles. The van der Waals surface area contributed by atoms with Crippen molar-refractivity contribution in [2.75, 3.05) is 0 Å². The highest BCUT2D eigenvalue weighted by Crippen LogP contribution is 2.57. The van der Waals surface area contributed by atoms with Crippen molar-refractivity contribution in [1.82, 2.24) is 0 Å². The van der Waals surface area contributed by atoms with Crippen molar-refractivity contribution in [3.05, 3.63) is 36.1 Å². The quantitative estimate of drug-likeness (QED) is 0.481. The molecule has 2 unspecified atom stereocenters. The fourth-order valence-corrected chi connectivity index (χ4v) is 6.35. The molecule has 2 aliphatic carbocycles. The van der Waals surface area contributed by atoms with Gasteiger partial charge in [0.15, 0.2) is 6.10 Å². The minimum absolute atomic E-state index is 0.183. The molecule has 0 N–H and O–H groups in total. The van der Waals surface area contributed by atoms with Crippen LogP contribution >= 0.6 is 0 Å². The summed E-state index contributed by atoms with van der Waals surface area (Å²) in [5.41, 5.74) is 1.01. The van der Waals surface area contributed by atoms with Crippen LogP contribution in [0.2, 0.25) is 0 Å². The van der Waals surface area contributed by atoms with Crippen molar-refractivity contribution >= 4 is 22.7 Å². The lowest BCUT2D eigenvalue weighted by molar-refractivity contribution is -0.148. The second-order valence-electron chi connectivity index (χ2n) is 9.75. The van der Waals surface area contributed by atoms with Crippen LogP contribution < -0.4 is 0 Å². The molecule has 1 aromatic carbocycles. The Labute approximate surface area is 179 Å². The van der Waals surface area contributed by atoms with E-state index in [2.05, 4.69) is 13.8 Å². The van der Waals surface area contributed by atoms with E-state index in [9.17, 15) is 9.59 Å². The molecule has 2 fully saturated rings. The molecule has 2 aliphatic rings. The van der Waals surface area contributed by atoms with Crippen LogP contribution in [0.3, 0.4) is 0 Å². The van der Waals surface area contributed by atoms with E-state index in [0.717, 1.165) is 55.3 Å². The summed E-state index contributed by atoms with van der Waals surface area (Å²) in [6, 6.07) is 9.87. The van der Waals surface area contributed by atoms with Gasteiger partial charge < -0.3 is 9.15 Å². The number of carbonyl (C=O) groups is 2. The molecule has 0 aliphatic heterocycles. The van der Waals surface area contributed by atoms with E-state index in [1.807, 2.05) is 30.3 Å². The highest BCUT2D eigenvalue weighted by atomic mass is 16.5. The van der Waals surface area contributed by atoms with Crippen LogP contribution in [0.15, 0.2) is 34.7 Å². The second kappa shape index (κ2) is 8.56. The van der Waals surface area contributed by atoms with Gasteiger partial charge in [-0.05, 0) is 67.9 Å². The average molecular weight is 411 g/mol. The number of ether oxygens (including phenoxy) is 1. The molecule has 0 saturated heterocycles. The molecule has 4 nitrogen and oxygen atoms in total. The number of esters is 1. The van der Waals surface area contributed by atoms with Gasteiger partial charge in [0.05, 0.1) is 0 Å². The van der Waals surface area contributed by atoms with Gasteiger partial charge in [-0.1, -0.05) is 38.5 Å². The van der Waals surface area contributed by atoms with Gasteiger partial charge in [-0.25, -0.2) is 0 Å². The maximum absolute atomic E-state index is 12.4. The largest absolute Gasteiger partial charge is 0.457 e. The van der Waals surface area contributed by atoms with Crippen LogP contribution in [0.25, 0.3) is 11.0 Å². The molecule has 30 heavy (non-hydrogen) atoms. The summed E-state index contributed by atoms with van der Waals surface area (Å²) in [6.07, 6.45) is 7.73. The molecule has 4 rings (SSSR count). The Bertz CT molecular complexity index is 880. The SMILES string of the molecule is CC(=O)OC(CCCC(C)[C@H]1CC[C@H]2C(=O)CCC[C@]12C)c1cc2ccccc2o1. The Morgan fingerprint density at radius 1 is 1.27 bits per heavy atom. The Hall–Kier alpha value is -2.10. The number of fused-ring (bicyclic) bond motifs is 2. The standard InChI is InChI=1S/C26H34O4/c1-17(20-13-14-21-22(28)10-7-15-26(20,21)3)8-6-12-24(29-18(2)27)25-16-19-9-4-5-11-23(19)30-25/h4-5,9,11,16-17,20-21,24H,6-8,10,12-15H2,1-3H3/t17?,20-,21+,24?,26-/m1/s1. The summed E-state index contributed by atoms with van der Waals surface area (Å²) in [6.45, 7) is 6.16. The zero-order valence-electron chi connectivity index (χ0n) is 18.5. The third kappa shape index (κ3) is 4.06. The molecule has 0 bridgehead atoms. The van der Waals surface area contributed by atoms with Crippen LogP contribution in [-0.4, -0.2) is 11.8 Å². The van der Waals surface area contributed by atoms with E-state index >= 15 is 0 Å². The number of hydrogen-bond donors (Lipinski definition) is 0. The Kier molecular flexibility index (Phi) is 6.04. The number of furan rings is 1. The Balaban J connectivity index is 1.39. The first-order chi connectivity index (χ1) is 14.4. The van der Waals surface area contributed by atoms with Gasteiger partial charge >= 0.3 is 5.97 Å². The van der Waals surface area contributed by atoms with Gasteiger partial charge in [0.25, 0.3) is 0 Å². The fraction of sp³-hybridized carbons (Fsp3) is 0.615. The number of carbonyl (C=O) groups excluding carboxylic acids is 2. The lowest BCUT2D eigenvalue weighted by atomic mass is 9.62. The molecule has 5 atom stereocenters. The van der Waals surface area contributed by atoms with Crippen LogP contribution in [0.4, 0.5) is 0 Å². The van der Waals surface area contributed by atoms with Crippen molar-refractivity contribution in [2.24, 2.45) is 23.2 Å². The molecular weight excluding hydrogens is 376 g/mol. The summed E-state index contributed by atoms with van der Waals surface area (Å²) < 4.78 is 11.6. The predicted octanol–water partition coefficient (Wildman–Crippen LogP) is 6.63. The van der Waals surface area contributed by atoms with Crippen LogP contribution in [0, 0.1) is 23.2 Å². The van der Waals surface area contributed by atoms with Crippen molar-refractivity contribution in [3.8, 4) is 0 Å². The van der Waals surface area contributed by atoms with Crippen molar-refractivity contribution < 1.29 is 18.7 Å². The molecule has 0 radical (unpaired) electrons. The maximum Gasteiger partial charge on any atom is 0.303 e. The first-order valence-corrected chi connectivity index (χ1v) is 11.6. The molecule has 4 heteroatoms. The van der Waals surface area contributed by atoms with Gasteiger partial charge in [0.1, 0.15) is 17.1 Å². The molecule has 0 amide bonds. The normalized spacial score (nSPS) is 28.3. The Morgan fingerprint density at radius 3 is 2.83 bits per heavy atom. The summed E-state index contributed by atoms with van der Waals surface area (Å²) in [4.78, 5) is 24.1. The van der Waals surface area contributed by atoms with Crippen LogP contribution in [-0.2, 0) is 14.3 Å². The lowest BCUT2D eigenvalue weighted by Crippen LogP contribution is -2.39.